The largest absolute Gasteiger partial charge is 0.508 e. The average Bonchev–Trinajstić information content (AvgIpc) is 1.85. The van der Waals surface area contributed by atoms with Gasteiger partial charge < -0.3 is 112 Å². The Labute approximate surface area is 667 Å². The van der Waals surface area contributed by atoms with E-state index in [0.717, 1.165) is 10.8 Å². The maximum absolute atomic E-state index is 15.4. The molecule has 0 bridgehead atoms. The Morgan fingerprint density at radius 3 is 1.53 bits per heavy atom. The van der Waals surface area contributed by atoms with Crippen LogP contribution in [0, 0.1) is 16.7 Å². The third-order valence-electron chi connectivity index (χ3n) is 18.7. The van der Waals surface area contributed by atoms with Gasteiger partial charge in [-0.15, -0.1) is 0 Å². The summed E-state index contributed by atoms with van der Waals surface area (Å²) in [5, 5.41) is 80.7. The molecule has 0 saturated carbocycles. The normalized spacial score (nSPS) is 13.7. The van der Waals surface area contributed by atoms with E-state index in [4.69, 9.17) is 28.0 Å². The number of phenolic OH excluding ortho intramolecular Hbond substituents is 1. The number of nitrogens with two attached hydrogens (primary N) is 3. The van der Waals surface area contributed by atoms with Crippen LogP contribution < -0.4 is 86.3 Å². The first kappa shape index (κ1) is 89.7. The number of aromatic amines is 2. The molecule has 5 aromatic carbocycles. The van der Waals surface area contributed by atoms with E-state index in [0.29, 0.717) is 51.7 Å². The number of hydrogen-bond donors (Lipinski definition) is 23. The van der Waals surface area contributed by atoms with Crippen LogP contribution in [0.1, 0.15) is 100 Å². The fourth-order valence-corrected chi connectivity index (χ4v) is 12.6. The van der Waals surface area contributed by atoms with Gasteiger partial charge >= 0.3 is 11.9 Å². The highest BCUT2D eigenvalue weighted by molar-refractivity contribution is 6.00. The van der Waals surface area contributed by atoms with E-state index in [1.54, 1.807) is 111 Å². The van der Waals surface area contributed by atoms with Crippen molar-refractivity contribution in [2.45, 2.75) is 165 Å². The van der Waals surface area contributed by atoms with Gasteiger partial charge in [0.1, 0.15) is 66.7 Å². The number of H-pyrrole nitrogens is 2. The summed E-state index contributed by atoms with van der Waals surface area (Å²) in [4.78, 5) is 193. The van der Waals surface area contributed by atoms with Gasteiger partial charge in [0, 0.05) is 67.8 Å². The van der Waals surface area contributed by atoms with Crippen LogP contribution in [-0.4, -0.2) is 206 Å². The lowest BCUT2D eigenvalue weighted by Crippen LogP contribution is -2.61. The number of para-hydroxylation sites is 1. The predicted molar refractivity (Wildman–Crippen MR) is 428 cm³/mol. The molecule has 116 heavy (non-hydrogen) atoms. The minimum absolute atomic E-state index is 0.00956. The van der Waals surface area contributed by atoms with Gasteiger partial charge in [-0.25, -0.2) is 4.98 Å². The number of aliphatic carboxylic acids is 2. The third kappa shape index (κ3) is 29.6. The van der Waals surface area contributed by atoms with E-state index >= 15 is 19.2 Å². The van der Waals surface area contributed by atoms with Gasteiger partial charge in [-0.05, 0) is 95.7 Å². The molecule has 0 fully saturated rings. The van der Waals surface area contributed by atoms with E-state index in [2.05, 4.69) is 84.1 Å². The number of benzene rings is 5. The molecule has 0 spiro atoms. The number of carbonyl (C=O) groups excluding carboxylic acids is 11. The molecule has 0 saturated heterocycles. The number of amides is 11. The first-order chi connectivity index (χ1) is 55.4. The monoisotopic (exact) mass is 1600 g/mol. The van der Waals surface area contributed by atoms with Gasteiger partial charge in [-0.1, -0.05) is 137 Å². The molecule has 37 heteroatoms. The Hall–Kier alpha value is -13.5. The minimum atomic E-state index is -2.01. The second kappa shape index (κ2) is 45.3. The molecule has 0 aliphatic heterocycles. The Morgan fingerprint density at radius 1 is 0.457 bits per heavy atom. The Balaban J connectivity index is 1.15. The van der Waals surface area contributed by atoms with E-state index in [1.165, 1.54) is 24.7 Å². The van der Waals surface area contributed by atoms with Crippen molar-refractivity contribution in [2.75, 3.05) is 26.2 Å². The van der Waals surface area contributed by atoms with Crippen molar-refractivity contribution in [3.63, 3.8) is 0 Å². The molecule has 0 aliphatic rings. The summed E-state index contributed by atoms with van der Waals surface area (Å²) in [6.45, 7) is 3.65. The van der Waals surface area contributed by atoms with Crippen molar-refractivity contribution < 1.29 is 77.6 Å². The molecule has 7 rings (SSSR count). The zero-order chi connectivity index (χ0) is 84.4. The standard InChI is InChI=1S/C79H103N21O16/c1-4-5-20-56(95-77(116)67(44(2)3)100-68(107)54(80)33-46-25-28-52(101)29-26-46)69(108)89-41-64(102)92-62(37-51-40-85-43-91-51)75(114)97-60(35-47-24-27-48-17-9-10-18-49(48)32-47)73(112)93-58(23-14-31-87-79(83)84)72(111)98-61(36-50-39-88-55-21-12-11-19-53(50)55)74(113)99-63(38-65(103)104)76(115)94-57(22-13-30-86-78(81)82)71(110)96-59(70(109)90-42-66(105)106)34-45-15-7-6-8-16-45/h6-12,15-19,21,24-29,32,39-40,43-44,54,56-63,67,88,101H,4-5,13-14,20,22-23,30-31,33-38,41-42,80H2,1-3H3,(H,85,91)(H,89,108)(H,90,109)(H,92,102)(H,93,112)(H,94,115)(H,95,116)(H,96,110)(H,97,114)(H,98,111)(H,99,113)(H,100,107)(H,103,104)(H,105,106)(H4,81,82,86)(H4,83,84,87)/t54-,56-,57-,58-,59-,60+,61+,62-,63-,67-/m0/s1. The number of guanidine groups is 2. The fraction of sp³-hybridized carbons (Fsp3) is 0.392. The van der Waals surface area contributed by atoms with Gasteiger partial charge in [0.2, 0.25) is 65.0 Å². The number of fused-ring (bicyclic) bond motifs is 2. The summed E-state index contributed by atoms with van der Waals surface area (Å²) >= 11 is 0. The smallest absolute Gasteiger partial charge is 0.322 e. The van der Waals surface area contributed by atoms with Crippen LogP contribution in [0.3, 0.4) is 0 Å². The van der Waals surface area contributed by atoms with E-state index in [-0.39, 0.29) is 83.0 Å². The van der Waals surface area contributed by atoms with Crippen molar-refractivity contribution in [3.05, 3.63) is 168 Å². The summed E-state index contributed by atoms with van der Waals surface area (Å²) in [5.41, 5.74) is 20.5. The van der Waals surface area contributed by atoms with E-state index in [1.807, 2.05) is 25.1 Å². The number of aromatic hydroxyl groups is 1. The van der Waals surface area contributed by atoms with Crippen LogP contribution in [0.4, 0.5) is 0 Å². The summed E-state index contributed by atoms with van der Waals surface area (Å²) in [7, 11) is 0. The van der Waals surface area contributed by atoms with Crippen LogP contribution in [0.25, 0.3) is 21.7 Å². The predicted octanol–water partition coefficient (Wildman–Crippen LogP) is -0.882. The molecule has 7 aromatic rings. The van der Waals surface area contributed by atoms with Gasteiger partial charge in [0.25, 0.3) is 0 Å². The number of carboxylic acids is 2. The number of rotatable bonds is 47. The van der Waals surface area contributed by atoms with Crippen LogP contribution in [0.5, 0.6) is 5.75 Å². The Bertz CT molecular complexity index is 4560. The summed E-state index contributed by atoms with van der Waals surface area (Å²) in [6.07, 6.45) is 2.93. The third-order valence-corrected chi connectivity index (χ3v) is 18.7. The highest BCUT2D eigenvalue weighted by atomic mass is 16.4. The van der Waals surface area contributed by atoms with Crippen molar-refractivity contribution >= 4 is 111 Å². The molecule has 2 aromatic heterocycles. The number of nitrogens with zero attached hydrogens (tertiary/aromatic N) is 1. The van der Waals surface area contributed by atoms with Crippen molar-refractivity contribution in [2.24, 2.45) is 23.1 Å². The maximum Gasteiger partial charge on any atom is 0.322 e. The first-order valence-electron chi connectivity index (χ1n) is 37.9. The second-order valence-corrected chi connectivity index (χ2v) is 28.2. The van der Waals surface area contributed by atoms with Crippen LogP contribution in [-0.2, 0) is 94.4 Å². The highest BCUT2D eigenvalue weighted by Gasteiger charge is 2.37. The van der Waals surface area contributed by atoms with Crippen molar-refractivity contribution in [1.29, 1.82) is 10.8 Å². The van der Waals surface area contributed by atoms with E-state index < -0.39 is 175 Å². The quantitative estimate of drug-likeness (QED) is 0.0125. The lowest BCUT2D eigenvalue weighted by atomic mass is 9.99. The molecule has 2 heterocycles. The number of carboxylic acid groups (broad SMARTS) is 2. The molecule has 0 aliphatic carbocycles. The molecule has 0 radical (unpaired) electrons. The van der Waals surface area contributed by atoms with Crippen LogP contribution in [0.15, 0.2) is 140 Å². The zero-order valence-electron chi connectivity index (χ0n) is 64.5. The molecule has 37 nitrogen and oxygen atoms in total. The summed E-state index contributed by atoms with van der Waals surface area (Å²) < 4.78 is 0. The molecule has 0 unspecified atom stereocenters. The number of aromatic nitrogens is 3. The van der Waals surface area contributed by atoms with E-state index in [9.17, 15) is 58.5 Å². The second-order valence-electron chi connectivity index (χ2n) is 28.2. The number of phenols is 1. The molecular formula is C79H103N21O16. The van der Waals surface area contributed by atoms with Crippen LogP contribution in [0.2, 0.25) is 0 Å². The highest BCUT2D eigenvalue weighted by Crippen LogP contribution is 2.22. The number of unbranched alkanes of at least 4 members (excludes halogenated alkanes) is 1. The number of imidazole rings is 1. The minimum Gasteiger partial charge on any atom is -0.508 e. The number of nitrogens with one attached hydrogen (secondary N) is 17. The maximum atomic E-state index is 15.4. The summed E-state index contributed by atoms with van der Waals surface area (Å²) in [5.74, 6) is -14.5. The SMILES string of the molecule is CCCC[C@H](NC(=O)[C@@H](NC(=O)[C@@H](N)Cc1ccc(O)cc1)C(C)C)C(=O)NCC(=O)N[C@@H](Cc1cnc[nH]1)C(=O)N[C@H](Cc1ccc2ccccc2c1)C(=O)N[C@@H](CCCNC(=N)N)C(=O)N[C@H](Cc1c[nH]c2ccccc12)C(=O)N[C@@H](CC(=O)O)C(=O)N[C@@H](CCCNC(=N)N)C(=O)N[C@@H](Cc1ccccc1)C(=O)NCC(=O)O. The Kier molecular flexibility index (Phi) is 35.0. The molecule has 10 atom stereocenters. The lowest BCUT2D eigenvalue weighted by Gasteiger charge is -2.28. The van der Waals surface area contributed by atoms with Gasteiger partial charge in [-0.2, -0.15) is 0 Å². The van der Waals surface area contributed by atoms with Crippen molar-refractivity contribution in [1.82, 2.24) is 84.1 Å². The van der Waals surface area contributed by atoms with Gasteiger partial charge in [0.15, 0.2) is 11.9 Å². The molecule has 11 amide bonds. The number of carbonyl (C=O) groups is 13. The number of hydrogen-bond acceptors (Lipinski definition) is 18. The van der Waals surface area contributed by atoms with Crippen molar-refractivity contribution in [3.8, 4) is 5.75 Å². The zero-order valence-corrected chi connectivity index (χ0v) is 64.5. The molecular weight excluding hydrogens is 1500 g/mol. The van der Waals surface area contributed by atoms with Gasteiger partial charge in [-0.3, -0.25) is 73.1 Å². The van der Waals surface area contributed by atoms with Gasteiger partial charge in [0.05, 0.1) is 25.3 Å². The molecule has 620 valence electrons. The van der Waals surface area contributed by atoms with Crippen LogP contribution >= 0.6 is 0 Å². The lowest BCUT2D eigenvalue weighted by molar-refractivity contribution is -0.141. The topological polar surface area (TPSA) is 609 Å². The molecule has 26 N–H and O–H groups in total. The Morgan fingerprint density at radius 2 is 0.940 bits per heavy atom. The first-order valence-corrected chi connectivity index (χ1v) is 37.9. The average molecular weight is 1600 g/mol. The summed E-state index contributed by atoms with van der Waals surface area (Å²) in [6, 6.07) is 19.0. The fourth-order valence-electron chi connectivity index (χ4n) is 12.6.